The first-order valence-electron chi connectivity index (χ1n) is 8.62. The zero-order valence-electron chi connectivity index (χ0n) is 14.8. The number of hydrogen-bond acceptors (Lipinski definition) is 7. The van der Waals surface area contributed by atoms with E-state index in [1.165, 1.54) is 0 Å². The van der Waals surface area contributed by atoms with Crippen molar-refractivity contribution >= 4 is 23.2 Å². The summed E-state index contributed by atoms with van der Waals surface area (Å²) in [6, 6.07) is 11.9. The molecule has 0 radical (unpaired) electrons. The summed E-state index contributed by atoms with van der Waals surface area (Å²) in [7, 11) is 0. The van der Waals surface area contributed by atoms with Crippen LogP contribution < -0.4 is 14.5 Å². The van der Waals surface area contributed by atoms with Gasteiger partial charge < -0.3 is 14.2 Å². The Bertz CT molecular complexity index is 920. The number of carbonyl (C=O) groups excluding carboxylic acids is 2. The van der Waals surface area contributed by atoms with Crippen LogP contribution in [0.1, 0.15) is 34.1 Å². The van der Waals surface area contributed by atoms with Gasteiger partial charge in [0.2, 0.25) is 6.79 Å². The van der Waals surface area contributed by atoms with Crippen LogP contribution >= 0.6 is 0 Å². The van der Waals surface area contributed by atoms with Crippen LogP contribution in [0, 0.1) is 0 Å². The molecule has 138 valence electrons. The minimum atomic E-state index is -0.545. The largest absolute Gasteiger partial charge is 0.454 e. The molecule has 7 heteroatoms. The van der Waals surface area contributed by atoms with Gasteiger partial charge in [-0.25, -0.2) is 4.79 Å². The lowest BCUT2D eigenvalue weighted by molar-refractivity contribution is 0.0475. The molecule has 27 heavy (non-hydrogen) atoms. The normalized spacial score (nSPS) is 14.9. The quantitative estimate of drug-likeness (QED) is 0.598. The number of ether oxygens (including phenoxy) is 3. The van der Waals surface area contributed by atoms with Crippen molar-refractivity contribution in [1.29, 1.82) is 0 Å². The number of nitrogens with zero attached hydrogens (tertiary/aromatic N) is 2. The first-order valence-corrected chi connectivity index (χ1v) is 8.62. The number of esters is 1. The zero-order chi connectivity index (χ0) is 18.8. The van der Waals surface area contributed by atoms with Crippen LogP contribution in [0.4, 0.5) is 5.69 Å². The SMILES string of the molecule is CC1=NN(c2ccc(C(=O)OCC(=O)c3ccc4c(c3)OCO4)cc2)CC1. The van der Waals surface area contributed by atoms with E-state index in [4.69, 9.17) is 14.2 Å². The maximum absolute atomic E-state index is 12.2. The smallest absolute Gasteiger partial charge is 0.338 e. The van der Waals surface area contributed by atoms with E-state index >= 15 is 0 Å². The second-order valence-electron chi connectivity index (χ2n) is 6.32. The Hall–Kier alpha value is -3.35. The molecule has 0 aromatic heterocycles. The highest BCUT2D eigenvalue weighted by Gasteiger charge is 2.18. The molecule has 0 saturated carbocycles. The van der Waals surface area contributed by atoms with Gasteiger partial charge in [0.05, 0.1) is 11.3 Å². The Morgan fingerprint density at radius 2 is 1.81 bits per heavy atom. The van der Waals surface area contributed by atoms with Crippen LogP contribution in [-0.4, -0.2) is 37.4 Å². The molecule has 2 aromatic carbocycles. The fourth-order valence-corrected chi connectivity index (χ4v) is 2.90. The summed E-state index contributed by atoms with van der Waals surface area (Å²) in [5, 5.41) is 6.32. The average Bonchev–Trinajstić information content (AvgIpc) is 3.34. The van der Waals surface area contributed by atoms with E-state index in [1.807, 2.05) is 24.1 Å². The first-order chi connectivity index (χ1) is 13.1. The van der Waals surface area contributed by atoms with Crippen molar-refractivity contribution in [2.75, 3.05) is 25.0 Å². The van der Waals surface area contributed by atoms with Gasteiger partial charge >= 0.3 is 5.97 Å². The van der Waals surface area contributed by atoms with Gasteiger partial charge in [-0.1, -0.05) is 0 Å². The molecule has 0 bridgehead atoms. The number of Topliss-reactive ketones (excluding diaryl/α,β-unsaturated/α-hetero) is 1. The summed E-state index contributed by atoms with van der Waals surface area (Å²) in [4.78, 5) is 24.4. The minimum absolute atomic E-state index is 0.139. The molecule has 0 amide bonds. The highest BCUT2D eigenvalue weighted by molar-refractivity contribution is 6.00. The second kappa shape index (κ2) is 7.11. The number of rotatable bonds is 5. The van der Waals surface area contributed by atoms with Crippen molar-refractivity contribution in [3.05, 3.63) is 53.6 Å². The van der Waals surface area contributed by atoms with E-state index in [1.54, 1.807) is 30.3 Å². The molecule has 7 nitrogen and oxygen atoms in total. The lowest BCUT2D eigenvalue weighted by Crippen LogP contribution is -2.15. The van der Waals surface area contributed by atoms with Gasteiger partial charge in [-0.15, -0.1) is 0 Å². The van der Waals surface area contributed by atoms with Crippen molar-refractivity contribution in [3.63, 3.8) is 0 Å². The Kier molecular flexibility index (Phi) is 4.50. The summed E-state index contributed by atoms with van der Waals surface area (Å²) in [6.45, 7) is 2.62. The third kappa shape index (κ3) is 3.62. The predicted octanol–water partition coefficient (Wildman–Crippen LogP) is 3.04. The number of anilines is 1. The van der Waals surface area contributed by atoms with Crippen molar-refractivity contribution in [1.82, 2.24) is 0 Å². The van der Waals surface area contributed by atoms with Crippen molar-refractivity contribution in [2.45, 2.75) is 13.3 Å². The van der Waals surface area contributed by atoms with E-state index in [0.717, 1.165) is 24.4 Å². The van der Waals surface area contributed by atoms with E-state index in [2.05, 4.69) is 5.10 Å². The van der Waals surface area contributed by atoms with Crippen LogP contribution in [0.25, 0.3) is 0 Å². The van der Waals surface area contributed by atoms with Crippen molar-refractivity contribution < 1.29 is 23.8 Å². The summed E-state index contributed by atoms with van der Waals surface area (Å²) in [6.07, 6.45) is 0.936. The predicted molar refractivity (Wildman–Crippen MR) is 98.7 cm³/mol. The summed E-state index contributed by atoms with van der Waals surface area (Å²) < 4.78 is 15.6. The zero-order valence-corrected chi connectivity index (χ0v) is 14.8. The molecule has 0 N–H and O–H groups in total. The Morgan fingerprint density at radius 1 is 1.07 bits per heavy atom. The van der Waals surface area contributed by atoms with Gasteiger partial charge in [0.25, 0.3) is 0 Å². The lowest BCUT2D eigenvalue weighted by Gasteiger charge is -2.13. The maximum atomic E-state index is 12.2. The van der Waals surface area contributed by atoms with Crippen LogP contribution in [0.2, 0.25) is 0 Å². The molecular formula is C20H18N2O5. The van der Waals surface area contributed by atoms with Gasteiger partial charge in [-0.2, -0.15) is 5.10 Å². The van der Waals surface area contributed by atoms with Crippen LogP contribution in [0.5, 0.6) is 11.5 Å². The van der Waals surface area contributed by atoms with Crippen LogP contribution in [-0.2, 0) is 4.74 Å². The topological polar surface area (TPSA) is 77.4 Å². The number of hydrazone groups is 1. The number of benzene rings is 2. The molecule has 0 saturated heterocycles. The minimum Gasteiger partial charge on any atom is -0.454 e. The lowest BCUT2D eigenvalue weighted by atomic mass is 10.1. The molecule has 4 rings (SSSR count). The van der Waals surface area contributed by atoms with Crippen molar-refractivity contribution in [2.24, 2.45) is 5.10 Å². The number of carbonyl (C=O) groups is 2. The molecule has 2 aromatic rings. The molecule has 2 heterocycles. The fourth-order valence-electron chi connectivity index (χ4n) is 2.90. The van der Waals surface area contributed by atoms with E-state index in [9.17, 15) is 9.59 Å². The highest BCUT2D eigenvalue weighted by atomic mass is 16.7. The van der Waals surface area contributed by atoms with Gasteiger partial charge in [0.15, 0.2) is 23.9 Å². The monoisotopic (exact) mass is 366 g/mol. The number of ketones is 1. The average molecular weight is 366 g/mol. The third-order valence-corrected chi connectivity index (χ3v) is 4.41. The number of fused-ring (bicyclic) bond motifs is 1. The van der Waals surface area contributed by atoms with Crippen molar-refractivity contribution in [3.8, 4) is 11.5 Å². The van der Waals surface area contributed by atoms with Gasteiger partial charge in [0.1, 0.15) is 0 Å². The first kappa shape index (κ1) is 17.1. The molecular weight excluding hydrogens is 348 g/mol. The van der Waals surface area contributed by atoms with E-state index in [0.29, 0.717) is 22.6 Å². The standard InChI is InChI=1S/C20H18N2O5/c1-13-8-9-22(21-13)16-5-2-14(3-6-16)20(24)25-11-17(23)15-4-7-18-19(10-15)27-12-26-18/h2-7,10H,8-9,11-12H2,1H3. The van der Waals surface area contributed by atoms with Crippen LogP contribution in [0.15, 0.2) is 47.6 Å². The maximum Gasteiger partial charge on any atom is 0.338 e. The molecule has 0 spiro atoms. The summed E-state index contributed by atoms with van der Waals surface area (Å²) in [5.74, 6) is 0.264. The van der Waals surface area contributed by atoms with Gasteiger partial charge in [-0.05, 0) is 49.4 Å². The Balaban J connectivity index is 1.35. The van der Waals surface area contributed by atoms with Crippen LogP contribution in [0.3, 0.4) is 0 Å². The highest BCUT2D eigenvalue weighted by Crippen LogP contribution is 2.32. The Morgan fingerprint density at radius 3 is 2.56 bits per heavy atom. The molecule has 0 aliphatic carbocycles. The molecule has 0 atom stereocenters. The molecule has 0 fully saturated rings. The number of hydrogen-bond donors (Lipinski definition) is 0. The van der Waals surface area contributed by atoms with E-state index in [-0.39, 0.29) is 19.2 Å². The van der Waals surface area contributed by atoms with Gasteiger partial charge in [-0.3, -0.25) is 9.80 Å². The summed E-state index contributed by atoms with van der Waals surface area (Å²) >= 11 is 0. The molecule has 2 aliphatic heterocycles. The Labute approximate surface area is 156 Å². The van der Waals surface area contributed by atoms with E-state index < -0.39 is 5.97 Å². The summed E-state index contributed by atoms with van der Waals surface area (Å²) in [5.41, 5.74) is 2.79. The third-order valence-electron chi connectivity index (χ3n) is 4.41. The second-order valence-corrected chi connectivity index (χ2v) is 6.32. The fraction of sp³-hybridized carbons (Fsp3) is 0.250. The van der Waals surface area contributed by atoms with Gasteiger partial charge in [0, 0.05) is 24.2 Å². The molecule has 2 aliphatic rings. The molecule has 0 unspecified atom stereocenters.